The maximum absolute atomic E-state index is 12.5. The van der Waals surface area contributed by atoms with Gasteiger partial charge in [-0.05, 0) is 43.7 Å². The van der Waals surface area contributed by atoms with Crippen molar-refractivity contribution in [2.75, 3.05) is 6.54 Å². The lowest BCUT2D eigenvalue weighted by atomic mass is 10.1. The second-order valence-corrected chi connectivity index (χ2v) is 7.75. The van der Waals surface area contributed by atoms with Crippen molar-refractivity contribution >= 4 is 39.3 Å². The Labute approximate surface area is 175 Å². The monoisotopic (exact) mass is 455 g/mol. The van der Waals surface area contributed by atoms with Crippen LogP contribution < -0.4 is 5.32 Å². The van der Waals surface area contributed by atoms with Gasteiger partial charge in [-0.2, -0.15) is 0 Å². The van der Waals surface area contributed by atoms with Crippen LogP contribution in [0.5, 0.6) is 0 Å². The Morgan fingerprint density at radius 3 is 2.76 bits per heavy atom. The molecule has 0 radical (unpaired) electrons. The number of carbonyl (C=O) groups is 3. The predicted octanol–water partition coefficient (Wildman–Crippen LogP) is 2.75. The minimum atomic E-state index is -0.324. The van der Waals surface area contributed by atoms with Crippen LogP contribution in [0, 0.1) is 0 Å². The van der Waals surface area contributed by atoms with Crippen LogP contribution in [0.2, 0.25) is 0 Å². The summed E-state index contributed by atoms with van der Waals surface area (Å²) >= 11 is 3.31. The molecule has 1 N–H and O–H groups in total. The molecule has 0 bridgehead atoms. The van der Waals surface area contributed by atoms with Gasteiger partial charge in [0, 0.05) is 23.6 Å². The van der Waals surface area contributed by atoms with E-state index in [4.69, 9.17) is 0 Å². The van der Waals surface area contributed by atoms with Gasteiger partial charge in [0.1, 0.15) is 0 Å². The number of pyridine rings is 1. The largest absolute Gasteiger partial charge is 0.346 e. The summed E-state index contributed by atoms with van der Waals surface area (Å²) in [6, 6.07) is 10.3. The summed E-state index contributed by atoms with van der Waals surface area (Å²) in [7, 11) is 0. The maximum atomic E-state index is 12.5. The average Bonchev–Trinajstić information content (AvgIpc) is 3.23. The third-order valence-electron chi connectivity index (χ3n) is 4.82. The highest BCUT2D eigenvalue weighted by atomic mass is 79.9. The van der Waals surface area contributed by atoms with Gasteiger partial charge in [0.15, 0.2) is 11.5 Å². The molecule has 0 saturated carbocycles. The van der Waals surface area contributed by atoms with Crippen molar-refractivity contribution in [2.45, 2.75) is 25.8 Å². The summed E-state index contributed by atoms with van der Waals surface area (Å²) in [5.74, 6) is -0.180. The second-order valence-electron chi connectivity index (χ2n) is 6.83. The zero-order valence-corrected chi connectivity index (χ0v) is 17.2. The molecule has 0 saturated heterocycles. The van der Waals surface area contributed by atoms with Crippen molar-refractivity contribution in [3.63, 3.8) is 0 Å². The van der Waals surface area contributed by atoms with Gasteiger partial charge in [-0.25, -0.2) is 0 Å². The fraction of sp³-hybridized carbons (Fsp3) is 0.250. The van der Waals surface area contributed by atoms with Crippen LogP contribution in [0.3, 0.4) is 0 Å². The third kappa shape index (κ3) is 3.65. The fourth-order valence-corrected chi connectivity index (χ4v) is 3.76. The van der Waals surface area contributed by atoms with Gasteiger partial charge in [0.25, 0.3) is 11.8 Å². The Morgan fingerprint density at radius 1 is 1.14 bits per heavy atom. The zero-order valence-electron chi connectivity index (χ0n) is 15.6. The van der Waals surface area contributed by atoms with Crippen molar-refractivity contribution in [3.8, 4) is 0 Å². The summed E-state index contributed by atoms with van der Waals surface area (Å²) in [6.45, 7) is 2.03. The van der Waals surface area contributed by atoms with Crippen LogP contribution in [-0.4, -0.2) is 43.8 Å². The molecule has 0 spiro atoms. The van der Waals surface area contributed by atoms with Crippen molar-refractivity contribution in [3.05, 3.63) is 64.0 Å². The standard InChI is InChI=1S/C20H18BrN5O3/c1-12(18-24-23-16-5-2-3-9-25(16)18)22-17(27)6-4-10-26-19(28)14-8-7-13(21)11-15(14)20(26)29/h2-3,5,7-9,11-12H,4,6,10H2,1H3,(H,22,27). The van der Waals surface area contributed by atoms with Crippen molar-refractivity contribution < 1.29 is 14.4 Å². The van der Waals surface area contributed by atoms with E-state index in [1.54, 1.807) is 18.2 Å². The van der Waals surface area contributed by atoms with E-state index < -0.39 is 0 Å². The van der Waals surface area contributed by atoms with Gasteiger partial charge in [0.2, 0.25) is 5.91 Å². The smallest absolute Gasteiger partial charge is 0.261 e. The molecule has 1 aliphatic rings. The number of imide groups is 1. The van der Waals surface area contributed by atoms with E-state index in [-0.39, 0.29) is 36.7 Å². The molecule has 148 valence electrons. The molecule has 3 amide bonds. The number of aromatic nitrogens is 3. The quantitative estimate of drug-likeness (QED) is 0.576. The Bertz CT molecular complexity index is 1130. The van der Waals surface area contributed by atoms with E-state index in [2.05, 4.69) is 31.4 Å². The minimum Gasteiger partial charge on any atom is -0.346 e. The first-order chi connectivity index (χ1) is 14.0. The Balaban J connectivity index is 1.32. The maximum Gasteiger partial charge on any atom is 0.261 e. The second kappa shape index (κ2) is 7.75. The summed E-state index contributed by atoms with van der Waals surface area (Å²) in [5, 5.41) is 11.1. The van der Waals surface area contributed by atoms with Crippen molar-refractivity contribution in [1.29, 1.82) is 0 Å². The molecule has 2 aromatic heterocycles. The Kier molecular flexibility index (Phi) is 5.14. The number of nitrogens with zero attached hydrogens (tertiary/aromatic N) is 4. The van der Waals surface area contributed by atoms with Gasteiger partial charge in [-0.15, -0.1) is 10.2 Å². The number of nitrogens with one attached hydrogen (secondary N) is 1. The molecular formula is C20H18BrN5O3. The van der Waals surface area contributed by atoms with E-state index in [0.717, 1.165) is 4.47 Å². The molecule has 1 aromatic carbocycles. The number of carbonyl (C=O) groups excluding carboxylic acids is 3. The first kappa shape index (κ1) is 19.3. The van der Waals surface area contributed by atoms with Crippen LogP contribution in [-0.2, 0) is 4.79 Å². The number of halogens is 1. The molecule has 1 aliphatic heterocycles. The highest BCUT2D eigenvalue weighted by molar-refractivity contribution is 9.10. The summed E-state index contributed by atoms with van der Waals surface area (Å²) in [5.41, 5.74) is 1.50. The lowest BCUT2D eigenvalue weighted by Crippen LogP contribution is -2.32. The molecule has 0 fully saturated rings. The SMILES string of the molecule is CC(NC(=O)CCCN1C(=O)c2ccc(Br)cc2C1=O)c1nnc2ccccn12. The van der Waals surface area contributed by atoms with E-state index >= 15 is 0 Å². The number of rotatable bonds is 6. The van der Waals surface area contributed by atoms with Crippen LogP contribution in [0.25, 0.3) is 5.65 Å². The van der Waals surface area contributed by atoms with Gasteiger partial charge in [-0.1, -0.05) is 22.0 Å². The lowest BCUT2D eigenvalue weighted by molar-refractivity contribution is -0.121. The molecule has 1 atom stereocenters. The van der Waals surface area contributed by atoms with Crippen LogP contribution >= 0.6 is 15.9 Å². The van der Waals surface area contributed by atoms with Crippen LogP contribution in [0.4, 0.5) is 0 Å². The van der Waals surface area contributed by atoms with E-state index in [1.807, 2.05) is 35.7 Å². The molecule has 4 rings (SSSR count). The number of hydrogen-bond donors (Lipinski definition) is 1. The molecule has 9 heteroatoms. The van der Waals surface area contributed by atoms with Crippen molar-refractivity contribution in [2.24, 2.45) is 0 Å². The van der Waals surface area contributed by atoms with Crippen LogP contribution in [0.15, 0.2) is 47.1 Å². The topological polar surface area (TPSA) is 96.7 Å². The van der Waals surface area contributed by atoms with Crippen molar-refractivity contribution in [1.82, 2.24) is 24.8 Å². The van der Waals surface area contributed by atoms with Gasteiger partial charge < -0.3 is 5.32 Å². The highest BCUT2D eigenvalue weighted by Crippen LogP contribution is 2.26. The van der Waals surface area contributed by atoms with E-state index in [9.17, 15) is 14.4 Å². The predicted molar refractivity (Wildman–Crippen MR) is 108 cm³/mol. The molecule has 3 heterocycles. The molecular weight excluding hydrogens is 438 g/mol. The summed E-state index contributed by atoms with van der Waals surface area (Å²) < 4.78 is 2.57. The van der Waals surface area contributed by atoms with E-state index in [1.165, 1.54) is 4.90 Å². The zero-order chi connectivity index (χ0) is 20.5. The number of fused-ring (bicyclic) bond motifs is 2. The molecule has 0 aliphatic carbocycles. The molecule has 3 aromatic rings. The number of amides is 3. The minimum absolute atomic E-state index is 0.176. The Morgan fingerprint density at radius 2 is 1.93 bits per heavy atom. The lowest BCUT2D eigenvalue weighted by Gasteiger charge is -2.15. The molecule has 29 heavy (non-hydrogen) atoms. The molecule has 1 unspecified atom stereocenters. The average molecular weight is 456 g/mol. The summed E-state index contributed by atoms with van der Waals surface area (Å²) in [6.07, 6.45) is 2.41. The Hall–Kier alpha value is -3.07. The number of benzene rings is 1. The highest BCUT2D eigenvalue weighted by Gasteiger charge is 2.35. The summed E-state index contributed by atoms with van der Waals surface area (Å²) in [4.78, 5) is 38.4. The first-order valence-electron chi connectivity index (χ1n) is 9.20. The van der Waals surface area contributed by atoms with Gasteiger partial charge in [0.05, 0.1) is 17.2 Å². The first-order valence-corrected chi connectivity index (χ1v) is 10.00. The third-order valence-corrected chi connectivity index (χ3v) is 5.32. The van der Waals surface area contributed by atoms with Gasteiger partial charge >= 0.3 is 0 Å². The van der Waals surface area contributed by atoms with E-state index in [0.29, 0.717) is 29.0 Å². The fourth-order valence-electron chi connectivity index (χ4n) is 3.40. The van der Waals surface area contributed by atoms with Crippen LogP contribution in [0.1, 0.15) is 52.3 Å². The van der Waals surface area contributed by atoms with Gasteiger partial charge in [-0.3, -0.25) is 23.7 Å². The molecule has 8 nitrogen and oxygen atoms in total. The normalized spacial score (nSPS) is 14.3. The number of hydrogen-bond acceptors (Lipinski definition) is 5.